The van der Waals surface area contributed by atoms with E-state index in [2.05, 4.69) is 5.32 Å². The van der Waals surface area contributed by atoms with Crippen LogP contribution in [0.1, 0.15) is 46.6 Å². The molecule has 1 heterocycles. The second-order valence-electron chi connectivity index (χ2n) is 9.12. The zero-order valence-corrected chi connectivity index (χ0v) is 19.6. The Morgan fingerprint density at radius 3 is 2.47 bits per heavy atom. The fourth-order valence-corrected chi connectivity index (χ4v) is 3.47. The van der Waals surface area contributed by atoms with E-state index < -0.39 is 35.9 Å². The van der Waals surface area contributed by atoms with E-state index in [1.807, 2.05) is 30.3 Å². The minimum Gasteiger partial charge on any atom is -0.458 e. The molecular formula is C24H35NO7. The van der Waals surface area contributed by atoms with Crippen molar-refractivity contribution in [3.63, 3.8) is 0 Å². The van der Waals surface area contributed by atoms with Gasteiger partial charge in [-0.1, -0.05) is 30.3 Å². The van der Waals surface area contributed by atoms with Crippen LogP contribution in [-0.2, 0) is 35.0 Å². The summed E-state index contributed by atoms with van der Waals surface area (Å²) in [7, 11) is 0. The Kier molecular flexibility index (Phi) is 9.65. The number of benzene rings is 1. The Labute approximate surface area is 189 Å². The van der Waals surface area contributed by atoms with Gasteiger partial charge in [0.1, 0.15) is 17.5 Å². The lowest BCUT2D eigenvalue weighted by molar-refractivity contribution is -0.160. The molecule has 1 aromatic rings. The van der Waals surface area contributed by atoms with E-state index in [-0.39, 0.29) is 31.3 Å². The summed E-state index contributed by atoms with van der Waals surface area (Å²) in [5.41, 5.74) is 0.402. The van der Waals surface area contributed by atoms with Crippen LogP contribution in [0.25, 0.3) is 0 Å². The fraction of sp³-hybridized carbons (Fsp3) is 0.625. The number of ether oxygens (including phenoxy) is 4. The first-order valence-electron chi connectivity index (χ1n) is 11.0. The Bertz CT molecular complexity index is 759. The van der Waals surface area contributed by atoms with Crippen LogP contribution < -0.4 is 5.32 Å². The molecule has 4 atom stereocenters. The summed E-state index contributed by atoms with van der Waals surface area (Å²) in [6.07, 6.45) is -0.868. The van der Waals surface area contributed by atoms with Crippen molar-refractivity contribution in [3.05, 3.63) is 35.9 Å². The van der Waals surface area contributed by atoms with Crippen LogP contribution in [0.15, 0.2) is 30.3 Å². The molecule has 0 aliphatic carbocycles. The minimum atomic E-state index is -0.999. The van der Waals surface area contributed by atoms with E-state index in [0.29, 0.717) is 13.0 Å². The molecule has 4 unspecified atom stereocenters. The molecule has 1 aliphatic rings. The molecule has 8 heteroatoms. The first-order valence-corrected chi connectivity index (χ1v) is 11.0. The van der Waals surface area contributed by atoms with Gasteiger partial charge in [-0.25, -0.2) is 9.59 Å². The topological polar surface area (TPSA) is 100 Å². The molecule has 8 nitrogen and oxygen atoms in total. The van der Waals surface area contributed by atoms with E-state index in [0.717, 1.165) is 5.56 Å². The number of amides is 1. The van der Waals surface area contributed by atoms with Crippen LogP contribution in [0.5, 0.6) is 0 Å². The highest BCUT2D eigenvalue weighted by Crippen LogP contribution is 2.23. The molecular weight excluding hydrogens is 414 g/mol. The van der Waals surface area contributed by atoms with Crippen LogP contribution >= 0.6 is 0 Å². The highest BCUT2D eigenvalue weighted by atomic mass is 16.6. The number of carbonyl (C=O) groups is 3. The van der Waals surface area contributed by atoms with Crippen molar-refractivity contribution in [1.82, 2.24) is 5.32 Å². The fourth-order valence-electron chi connectivity index (χ4n) is 3.47. The molecule has 1 saturated heterocycles. The maximum atomic E-state index is 12.7. The van der Waals surface area contributed by atoms with E-state index in [1.165, 1.54) is 6.92 Å². The number of esters is 1. The minimum absolute atomic E-state index is 0.0233. The van der Waals surface area contributed by atoms with Gasteiger partial charge in [0.2, 0.25) is 0 Å². The zero-order chi connectivity index (χ0) is 23.7. The van der Waals surface area contributed by atoms with Gasteiger partial charge < -0.3 is 24.3 Å². The molecule has 2 rings (SSSR count). The molecule has 0 saturated carbocycles. The Balaban J connectivity index is 2.15. The van der Waals surface area contributed by atoms with Crippen molar-refractivity contribution in [2.45, 2.75) is 71.3 Å². The van der Waals surface area contributed by atoms with Gasteiger partial charge >= 0.3 is 12.1 Å². The van der Waals surface area contributed by atoms with Crippen LogP contribution in [-0.4, -0.2) is 61.5 Å². The summed E-state index contributed by atoms with van der Waals surface area (Å²) in [5.74, 6) is -0.716. The van der Waals surface area contributed by atoms with Gasteiger partial charge in [0.05, 0.1) is 25.9 Å². The molecule has 32 heavy (non-hydrogen) atoms. The first-order chi connectivity index (χ1) is 15.0. The zero-order valence-electron chi connectivity index (χ0n) is 19.6. The molecule has 1 aromatic carbocycles. The molecule has 1 fully saturated rings. The summed E-state index contributed by atoms with van der Waals surface area (Å²) in [6.45, 7) is 8.96. The lowest BCUT2D eigenvalue weighted by atomic mass is 9.91. The number of nitrogens with one attached hydrogen (secondary N) is 1. The average molecular weight is 450 g/mol. The number of Topliss-reactive ketones (excluding diaryl/α,β-unsaturated/α-hetero) is 1. The lowest BCUT2D eigenvalue weighted by Crippen LogP contribution is -2.47. The van der Waals surface area contributed by atoms with Gasteiger partial charge in [0, 0.05) is 12.3 Å². The molecule has 1 N–H and O–H groups in total. The summed E-state index contributed by atoms with van der Waals surface area (Å²) in [4.78, 5) is 36.3. The molecule has 1 aliphatic heterocycles. The van der Waals surface area contributed by atoms with Gasteiger partial charge in [-0.15, -0.1) is 0 Å². The Morgan fingerprint density at radius 2 is 1.84 bits per heavy atom. The lowest BCUT2D eigenvalue weighted by Gasteiger charge is -2.30. The van der Waals surface area contributed by atoms with Crippen molar-refractivity contribution >= 4 is 17.8 Å². The van der Waals surface area contributed by atoms with Crippen molar-refractivity contribution < 1.29 is 33.3 Å². The number of rotatable bonds is 7. The van der Waals surface area contributed by atoms with Crippen molar-refractivity contribution in [2.75, 3.05) is 19.8 Å². The SMILES string of the molecule is CC(=O)CCOC1C(Cc2ccccc2)COCC(NC(=O)OC(C)(C)C)C(=O)OC1C. The molecule has 0 radical (unpaired) electrons. The molecule has 1 amide bonds. The largest absolute Gasteiger partial charge is 0.458 e. The summed E-state index contributed by atoms with van der Waals surface area (Å²) in [5, 5.41) is 2.53. The molecule has 0 spiro atoms. The smallest absolute Gasteiger partial charge is 0.408 e. The third-order valence-electron chi connectivity index (χ3n) is 4.93. The Morgan fingerprint density at radius 1 is 1.16 bits per heavy atom. The summed E-state index contributed by atoms with van der Waals surface area (Å²) in [6, 6.07) is 8.90. The highest BCUT2D eigenvalue weighted by Gasteiger charge is 2.36. The van der Waals surface area contributed by atoms with Crippen LogP contribution in [0.3, 0.4) is 0 Å². The number of ketones is 1. The Hall–Kier alpha value is -2.45. The maximum absolute atomic E-state index is 12.7. The predicted molar refractivity (Wildman–Crippen MR) is 118 cm³/mol. The van der Waals surface area contributed by atoms with Gasteiger partial charge in [-0.05, 0) is 46.6 Å². The van der Waals surface area contributed by atoms with E-state index >= 15 is 0 Å². The standard InChI is InChI=1S/C24H35NO7/c1-16(26)11-12-30-21-17(2)31-22(27)20(25-23(28)32-24(3,4)5)15-29-14-19(21)13-18-9-7-6-8-10-18/h6-10,17,19-21H,11-15H2,1-5H3,(H,25,28). The van der Waals surface area contributed by atoms with Crippen LogP contribution in [0.2, 0.25) is 0 Å². The first kappa shape index (κ1) is 25.8. The van der Waals surface area contributed by atoms with Crippen LogP contribution in [0.4, 0.5) is 4.79 Å². The third-order valence-corrected chi connectivity index (χ3v) is 4.93. The van der Waals surface area contributed by atoms with Gasteiger partial charge in [-0.2, -0.15) is 0 Å². The average Bonchev–Trinajstić information content (AvgIpc) is 2.72. The van der Waals surface area contributed by atoms with Crippen molar-refractivity contribution in [1.29, 1.82) is 0 Å². The number of cyclic esters (lactones) is 1. The quantitative estimate of drug-likeness (QED) is 0.639. The second-order valence-corrected chi connectivity index (χ2v) is 9.12. The second kappa shape index (κ2) is 12.0. The van der Waals surface area contributed by atoms with Gasteiger partial charge in [0.25, 0.3) is 0 Å². The molecule has 0 bridgehead atoms. The van der Waals surface area contributed by atoms with Crippen molar-refractivity contribution in [3.8, 4) is 0 Å². The molecule has 178 valence electrons. The highest BCUT2D eigenvalue weighted by molar-refractivity contribution is 5.81. The molecule has 0 aromatic heterocycles. The summed E-state index contributed by atoms with van der Waals surface area (Å²) < 4.78 is 22.8. The summed E-state index contributed by atoms with van der Waals surface area (Å²) >= 11 is 0. The van der Waals surface area contributed by atoms with E-state index in [4.69, 9.17) is 18.9 Å². The number of hydrogen-bond donors (Lipinski definition) is 1. The number of carbonyl (C=O) groups excluding carboxylic acids is 3. The predicted octanol–water partition coefficient (Wildman–Crippen LogP) is 3.06. The van der Waals surface area contributed by atoms with E-state index in [1.54, 1.807) is 27.7 Å². The third kappa shape index (κ3) is 8.96. The van der Waals surface area contributed by atoms with E-state index in [9.17, 15) is 14.4 Å². The maximum Gasteiger partial charge on any atom is 0.408 e. The normalized spacial score (nSPS) is 24.5. The monoisotopic (exact) mass is 449 g/mol. The van der Waals surface area contributed by atoms with Gasteiger partial charge in [0.15, 0.2) is 6.04 Å². The van der Waals surface area contributed by atoms with Crippen LogP contribution in [0, 0.1) is 5.92 Å². The number of alkyl carbamates (subject to hydrolysis) is 1. The van der Waals surface area contributed by atoms with Gasteiger partial charge in [-0.3, -0.25) is 4.79 Å². The van der Waals surface area contributed by atoms with Crippen molar-refractivity contribution in [2.24, 2.45) is 5.92 Å². The number of hydrogen-bond acceptors (Lipinski definition) is 7.